The summed E-state index contributed by atoms with van der Waals surface area (Å²) in [7, 11) is 0. The first kappa shape index (κ1) is 21.2. The molecule has 152 valence electrons. The molecule has 0 unspecified atom stereocenters. The fraction of sp³-hybridized carbons (Fsp3) is 0.320. The Morgan fingerprint density at radius 2 is 1.76 bits per heavy atom. The third kappa shape index (κ3) is 5.10. The third-order valence-electron chi connectivity index (χ3n) is 5.55. The van der Waals surface area contributed by atoms with Gasteiger partial charge < -0.3 is 9.47 Å². The second-order valence-electron chi connectivity index (χ2n) is 7.46. The van der Waals surface area contributed by atoms with Gasteiger partial charge in [0.05, 0.1) is 6.54 Å². The molecule has 0 saturated carbocycles. The lowest BCUT2D eigenvalue weighted by Gasteiger charge is -2.29. The molecule has 4 heteroatoms. The maximum absolute atomic E-state index is 13.3. The molecule has 0 bridgehead atoms. The minimum absolute atomic E-state index is 0.0764. The maximum Gasteiger partial charge on any atom is 0.254 e. The van der Waals surface area contributed by atoms with Crippen LogP contribution in [0.1, 0.15) is 54.4 Å². The van der Waals surface area contributed by atoms with Crippen molar-refractivity contribution in [3.8, 4) is 0 Å². The Morgan fingerprint density at radius 1 is 1.03 bits per heavy atom. The summed E-state index contributed by atoms with van der Waals surface area (Å²) in [6.07, 6.45) is 3.93. The Labute approximate surface area is 178 Å². The lowest BCUT2D eigenvalue weighted by molar-refractivity contribution is 0.0667. The van der Waals surface area contributed by atoms with Crippen LogP contribution < -0.4 is 0 Å². The highest BCUT2D eigenvalue weighted by Gasteiger charge is 2.22. The minimum Gasteiger partial charge on any atom is -0.345 e. The van der Waals surface area contributed by atoms with Gasteiger partial charge in [-0.25, -0.2) is 0 Å². The topological polar surface area (TPSA) is 25.2 Å². The standard InChI is InChI=1S/C25H29ClN2O/c1-4-19(3)28(25(29)21-14-12-20(5-2)13-15-21)18-23-10-8-16-27(23)17-22-9-6-7-11-24(22)26/h6-16,19H,4-5,17-18H2,1-3H3/t19-/m1/s1. The van der Waals surface area contributed by atoms with Crippen LogP contribution in [0.3, 0.4) is 0 Å². The molecule has 0 aliphatic carbocycles. The van der Waals surface area contributed by atoms with Crippen molar-refractivity contribution in [3.63, 3.8) is 0 Å². The smallest absolute Gasteiger partial charge is 0.254 e. The Kier molecular flexibility index (Phi) is 7.16. The number of aryl methyl sites for hydroxylation is 1. The zero-order valence-corrected chi connectivity index (χ0v) is 18.2. The van der Waals surface area contributed by atoms with E-state index in [0.717, 1.165) is 34.7 Å². The largest absolute Gasteiger partial charge is 0.345 e. The zero-order valence-electron chi connectivity index (χ0n) is 17.4. The van der Waals surface area contributed by atoms with Crippen LogP contribution in [-0.2, 0) is 19.5 Å². The van der Waals surface area contributed by atoms with Crippen molar-refractivity contribution in [2.45, 2.75) is 52.7 Å². The van der Waals surface area contributed by atoms with E-state index in [1.807, 2.05) is 65.7 Å². The highest BCUT2D eigenvalue weighted by molar-refractivity contribution is 6.31. The summed E-state index contributed by atoms with van der Waals surface area (Å²) < 4.78 is 2.17. The second-order valence-corrected chi connectivity index (χ2v) is 7.87. The van der Waals surface area contributed by atoms with Gasteiger partial charge in [-0.15, -0.1) is 0 Å². The first-order chi connectivity index (χ1) is 14.0. The summed E-state index contributed by atoms with van der Waals surface area (Å²) in [6, 6.07) is 20.1. The molecule has 0 fully saturated rings. The number of carbonyl (C=O) groups is 1. The van der Waals surface area contributed by atoms with Gasteiger partial charge in [0.2, 0.25) is 0 Å². The lowest BCUT2D eigenvalue weighted by Crippen LogP contribution is -2.38. The van der Waals surface area contributed by atoms with Gasteiger partial charge in [-0.1, -0.05) is 55.8 Å². The molecule has 3 nitrogen and oxygen atoms in total. The van der Waals surface area contributed by atoms with Crippen LogP contribution in [0.4, 0.5) is 0 Å². The Bertz CT molecular complexity index is 945. The molecule has 29 heavy (non-hydrogen) atoms. The predicted molar refractivity (Wildman–Crippen MR) is 120 cm³/mol. The first-order valence-corrected chi connectivity index (χ1v) is 10.7. The molecular formula is C25H29ClN2O. The number of aromatic nitrogens is 1. The predicted octanol–water partition coefficient (Wildman–Crippen LogP) is 6.19. The summed E-state index contributed by atoms with van der Waals surface area (Å²) in [4.78, 5) is 15.3. The minimum atomic E-state index is 0.0764. The molecule has 0 spiro atoms. The summed E-state index contributed by atoms with van der Waals surface area (Å²) in [5, 5.41) is 0.762. The lowest BCUT2D eigenvalue weighted by atomic mass is 10.1. The molecule has 0 saturated heterocycles. The van der Waals surface area contributed by atoms with E-state index < -0.39 is 0 Å². The fourth-order valence-corrected chi connectivity index (χ4v) is 3.62. The number of halogens is 1. The van der Waals surface area contributed by atoms with Gasteiger partial charge >= 0.3 is 0 Å². The molecule has 0 aliphatic heterocycles. The van der Waals surface area contributed by atoms with E-state index in [1.165, 1.54) is 5.56 Å². The first-order valence-electron chi connectivity index (χ1n) is 10.3. The summed E-state index contributed by atoms with van der Waals surface area (Å²) >= 11 is 6.35. The monoisotopic (exact) mass is 408 g/mol. The van der Waals surface area contributed by atoms with E-state index in [0.29, 0.717) is 13.1 Å². The van der Waals surface area contributed by atoms with Crippen molar-refractivity contribution < 1.29 is 4.79 Å². The third-order valence-corrected chi connectivity index (χ3v) is 5.92. The number of hydrogen-bond acceptors (Lipinski definition) is 1. The number of carbonyl (C=O) groups excluding carboxylic acids is 1. The normalized spacial score (nSPS) is 12.0. The summed E-state index contributed by atoms with van der Waals surface area (Å²) in [5.74, 6) is 0.0764. The van der Waals surface area contributed by atoms with Gasteiger partial charge in [-0.2, -0.15) is 0 Å². The number of hydrogen-bond donors (Lipinski definition) is 0. The van der Waals surface area contributed by atoms with Gasteiger partial charge in [0.1, 0.15) is 0 Å². The number of nitrogens with zero attached hydrogens (tertiary/aromatic N) is 2. The summed E-state index contributed by atoms with van der Waals surface area (Å²) in [6.45, 7) is 7.61. The van der Waals surface area contributed by atoms with E-state index >= 15 is 0 Å². The van der Waals surface area contributed by atoms with Crippen LogP contribution in [0.2, 0.25) is 5.02 Å². The van der Waals surface area contributed by atoms with Gasteiger partial charge in [-0.3, -0.25) is 4.79 Å². The zero-order chi connectivity index (χ0) is 20.8. The van der Waals surface area contributed by atoms with Crippen LogP contribution in [0, 0.1) is 0 Å². The van der Waals surface area contributed by atoms with Gasteiger partial charge in [0.25, 0.3) is 5.91 Å². The molecule has 3 aromatic rings. The fourth-order valence-electron chi connectivity index (χ4n) is 3.43. The Hall–Kier alpha value is -2.52. The van der Waals surface area contributed by atoms with Crippen LogP contribution in [0.5, 0.6) is 0 Å². The van der Waals surface area contributed by atoms with Crippen molar-refractivity contribution in [3.05, 3.63) is 94.3 Å². The molecule has 1 atom stereocenters. The molecule has 2 aromatic carbocycles. The van der Waals surface area contributed by atoms with Crippen molar-refractivity contribution in [1.82, 2.24) is 9.47 Å². The molecule has 0 aliphatic rings. The van der Waals surface area contributed by atoms with Gasteiger partial charge in [0, 0.05) is 35.1 Å². The highest BCUT2D eigenvalue weighted by atomic mass is 35.5. The van der Waals surface area contributed by atoms with Crippen LogP contribution in [0.15, 0.2) is 66.9 Å². The van der Waals surface area contributed by atoms with E-state index in [1.54, 1.807) is 0 Å². The Morgan fingerprint density at radius 3 is 2.41 bits per heavy atom. The van der Waals surface area contributed by atoms with E-state index in [2.05, 4.69) is 31.4 Å². The van der Waals surface area contributed by atoms with E-state index in [4.69, 9.17) is 11.6 Å². The van der Waals surface area contributed by atoms with Crippen molar-refractivity contribution in [1.29, 1.82) is 0 Å². The number of amides is 1. The number of benzene rings is 2. The second kappa shape index (κ2) is 9.80. The molecular weight excluding hydrogens is 380 g/mol. The quantitative estimate of drug-likeness (QED) is 0.436. The molecule has 0 N–H and O–H groups in total. The molecule has 0 radical (unpaired) electrons. The molecule has 1 aromatic heterocycles. The van der Waals surface area contributed by atoms with Gasteiger partial charge in [-0.05, 0) is 61.2 Å². The highest BCUT2D eigenvalue weighted by Crippen LogP contribution is 2.20. The molecule has 1 heterocycles. The Balaban J connectivity index is 1.83. The van der Waals surface area contributed by atoms with E-state index in [-0.39, 0.29) is 11.9 Å². The van der Waals surface area contributed by atoms with Crippen LogP contribution in [0.25, 0.3) is 0 Å². The molecule has 1 amide bonds. The maximum atomic E-state index is 13.3. The van der Waals surface area contributed by atoms with Crippen molar-refractivity contribution in [2.24, 2.45) is 0 Å². The number of rotatable bonds is 8. The van der Waals surface area contributed by atoms with Crippen molar-refractivity contribution in [2.75, 3.05) is 0 Å². The average molecular weight is 409 g/mol. The van der Waals surface area contributed by atoms with Crippen LogP contribution in [-0.4, -0.2) is 21.4 Å². The summed E-state index contributed by atoms with van der Waals surface area (Å²) in [5.41, 5.74) is 4.16. The van der Waals surface area contributed by atoms with Crippen molar-refractivity contribution >= 4 is 17.5 Å². The molecule has 3 rings (SSSR count). The average Bonchev–Trinajstić information content (AvgIpc) is 3.19. The van der Waals surface area contributed by atoms with E-state index in [9.17, 15) is 4.79 Å². The van der Waals surface area contributed by atoms with Gasteiger partial charge in [0.15, 0.2) is 0 Å². The SMILES string of the molecule is CCc1ccc(C(=O)N(Cc2cccn2Cc2ccccc2Cl)[C@H](C)CC)cc1. The van der Waals surface area contributed by atoms with Crippen LogP contribution >= 0.6 is 11.6 Å².